The maximum atomic E-state index is 11.9. The van der Waals surface area contributed by atoms with Crippen LogP contribution >= 0.6 is 0 Å². The van der Waals surface area contributed by atoms with Crippen molar-refractivity contribution in [2.75, 3.05) is 19.6 Å². The van der Waals surface area contributed by atoms with Gasteiger partial charge in [-0.1, -0.05) is 0 Å². The van der Waals surface area contributed by atoms with E-state index in [1.807, 2.05) is 13.8 Å². The molecule has 0 aromatic rings. The topological polar surface area (TPSA) is 69.6 Å². The number of aliphatic carboxylic acids is 1. The summed E-state index contributed by atoms with van der Waals surface area (Å²) >= 11 is 0. The molecule has 2 atom stereocenters. The summed E-state index contributed by atoms with van der Waals surface area (Å²) < 4.78 is 0. The summed E-state index contributed by atoms with van der Waals surface area (Å²) in [7, 11) is 0. The van der Waals surface area contributed by atoms with Crippen molar-refractivity contribution in [3.05, 3.63) is 0 Å². The monoisotopic (exact) mass is 270 g/mol. The average molecular weight is 270 g/mol. The van der Waals surface area contributed by atoms with E-state index in [4.69, 9.17) is 0 Å². The number of carboxylic acid groups (broad SMARTS) is 1. The van der Waals surface area contributed by atoms with Crippen LogP contribution < -0.4 is 5.32 Å². The van der Waals surface area contributed by atoms with Crippen LogP contribution in [-0.4, -0.2) is 47.6 Å². The van der Waals surface area contributed by atoms with E-state index in [-0.39, 0.29) is 17.9 Å². The first-order chi connectivity index (χ1) is 8.80. The van der Waals surface area contributed by atoms with Gasteiger partial charge in [0.1, 0.15) is 0 Å². The van der Waals surface area contributed by atoms with Crippen molar-refractivity contribution in [3.63, 3.8) is 0 Å². The largest absolute Gasteiger partial charge is 0.481 e. The number of nitrogens with zero attached hydrogens (tertiary/aromatic N) is 1. The van der Waals surface area contributed by atoms with Gasteiger partial charge in [0.15, 0.2) is 0 Å². The lowest BCUT2D eigenvalue weighted by atomic mass is 9.74. The van der Waals surface area contributed by atoms with Gasteiger partial charge in [0.25, 0.3) is 0 Å². The van der Waals surface area contributed by atoms with Gasteiger partial charge in [-0.2, -0.15) is 0 Å². The predicted molar refractivity (Wildman–Crippen MR) is 73.9 cm³/mol. The molecule has 1 fully saturated rings. The van der Waals surface area contributed by atoms with Crippen LogP contribution in [0, 0.1) is 11.3 Å². The third kappa shape index (κ3) is 3.69. The molecule has 0 saturated carbocycles. The van der Waals surface area contributed by atoms with Gasteiger partial charge in [-0.05, 0) is 53.0 Å². The Kier molecular flexibility index (Phi) is 5.35. The molecule has 0 radical (unpaired) electrons. The van der Waals surface area contributed by atoms with E-state index in [0.29, 0.717) is 13.1 Å². The Morgan fingerprint density at radius 2 is 2.11 bits per heavy atom. The van der Waals surface area contributed by atoms with Crippen molar-refractivity contribution in [2.24, 2.45) is 11.3 Å². The standard InChI is InChI=1S/C14H26N2O3/c1-5-15-12(17)10(2)16-8-6-7-11(9-16)14(3,4)13(18)19/h10-11H,5-9H2,1-4H3,(H,15,17)(H,18,19). The first-order valence-electron chi connectivity index (χ1n) is 7.05. The summed E-state index contributed by atoms with van der Waals surface area (Å²) in [6.07, 6.45) is 1.86. The van der Waals surface area contributed by atoms with E-state index in [0.717, 1.165) is 19.4 Å². The van der Waals surface area contributed by atoms with Gasteiger partial charge >= 0.3 is 5.97 Å². The van der Waals surface area contributed by atoms with Gasteiger partial charge < -0.3 is 10.4 Å². The quantitative estimate of drug-likeness (QED) is 0.791. The molecule has 110 valence electrons. The number of hydrogen-bond donors (Lipinski definition) is 2. The number of carbonyl (C=O) groups is 2. The molecule has 0 spiro atoms. The van der Waals surface area contributed by atoms with E-state index >= 15 is 0 Å². The number of piperidine rings is 1. The molecule has 5 heteroatoms. The SMILES string of the molecule is CCNC(=O)C(C)N1CCCC(C(C)(C)C(=O)O)C1. The molecule has 1 amide bonds. The Bertz CT molecular complexity index is 342. The number of likely N-dealkylation sites (tertiary alicyclic amines) is 1. The van der Waals surface area contributed by atoms with Crippen molar-refractivity contribution < 1.29 is 14.7 Å². The van der Waals surface area contributed by atoms with E-state index < -0.39 is 11.4 Å². The summed E-state index contributed by atoms with van der Waals surface area (Å²) in [5.41, 5.74) is -0.736. The molecule has 2 N–H and O–H groups in total. The number of rotatable bonds is 5. The Morgan fingerprint density at radius 1 is 1.47 bits per heavy atom. The van der Waals surface area contributed by atoms with E-state index in [2.05, 4.69) is 10.2 Å². The number of carbonyl (C=O) groups excluding carboxylic acids is 1. The number of amides is 1. The third-order valence-electron chi connectivity index (χ3n) is 4.30. The fraction of sp³-hybridized carbons (Fsp3) is 0.857. The summed E-state index contributed by atoms with van der Waals surface area (Å²) in [6.45, 7) is 9.52. The molecule has 1 aliphatic heterocycles. The Hall–Kier alpha value is -1.10. The molecular weight excluding hydrogens is 244 g/mol. The van der Waals surface area contributed by atoms with Crippen LogP contribution in [0.5, 0.6) is 0 Å². The zero-order valence-electron chi connectivity index (χ0n) is 12.4. The van der Waals surface area contributed by atoms with Crippen molar-refractivity contribution >= 4 is 11.9 Å². The minimum Gasteiger partial charge on any atom is -0.481 e. The van der Waals surface area contributed by atoms with Crippen molar-refractivity contribution in [1.29, 1.82) is 0 Å². The van der Waals surface area contributed by atoms with Crippen LogP contribution in [-0.2, 0) is 9.59 Å². The maximum Gasteiger partial charge on any atom is 0.309 e. The first kappa shape index (κ1) is 16.0. The molecule has 0 bridgehead atoms. The molecule has 0 aliphatic carbocycles. The Balaban J connectivity index is 2.69. The Labute approximate surface area is 115 Å². The van der Waals surface area contributed by atoms with Gasteiger partial charge in [0.05, 0.1) is 11.5 Å². The zero-order chi connectivity index (χ0) is 14.6. The highest BCUT2D eigenvalue weighted by Crippen LogP contribution is 2.34. The molecule has 0 aromatic heterocycles. The Morgan fingerprint density at radius 3 is 2.63 bits per heavy atom. The molecule has 1 heterocycles. The molecule has 1 aliphatic rings. The highest BCUT2D eigenvalue weighted by atomic mass is 16.4. The second-order valence-electron chi connectivity index (χ2n) is 5.93. The molecule has 5 nitrogen and oxygen atoms in total. The second kappa shape index (κ2) is 6.37. The van der Waals surface area contributed by atoms with Gasteiger partial charge in [-0.3, -0.25) is 14.5 Å². The van der Waals surface area contributed by atoms with Gasteiger partial charge in [-0.25, -0.2) is 0 Å². The van der Waals surface area contributed by atoms with E-state index in [1.54, 1.807) is 13.8 Å². The highest BCUT2D eigenvalue weighted by Gasteiger charge is 2.40. The van der Waals surface area contributed by atoms with E-state index in [1.165, 1.54) is 0 Å². The van der Waals surface area contributed by atoms with Crippen molar-refractivity contribution in [2.45, 2.75) is 46.6 Å². The predicted octanol–water partition coefficient (Wildman–Crippen LogP) is 1.33. The van der Waals surface area contributed by atoms with Crippen LogP contribution in [0.15, 0.2) is 0 Å². The number of carboxylic acids is 1. The van der Waals surface area contributed by atoms with Crippen LogP contribution in [0.3, 0.4) is 0 Å². The minimum absolute atomic E-state index is 0.0243. The molecule has 1 rings (SSSR count). The van der Waals surface area contributed by atoms with Gasteiger partial charge in [0.2, 0.25) is 5.91 Å². The summed E-state index contributed by atoms with van der Waals surface area (Å²) in [5.74, 6) is -0.642. The lowest BCUT2D eigenvalue weighted by Gasteiger charge is -2.41. The second-order valence-corrected chi connectivity index (χ2v) is 5.93. The van der Waals surface area contributed by atoms with Gasteiger partial charge in [0, 0.05) is 13.1 Å². The third-order valence-corrected chi connectivity index (χ3v) is 4.30. The summed E-state index contributed by atoms with van der Waals surface area (Å²) in [5, 5.41) is 12.1. The van der Waals surface area contributed by atoms with E-state index in [9.17, 15) is 14.7 Å². The zero-order valence-corrected chi connectivity index (χ0v) is 12.4. The summed E-state index contributed by atoms with van der Waals surface area (Å²) in [4.78, 5) is 25.3. The fourth-order valence-electron chi connectivity index (χ4n) is 2.61. The molecule has 0 aromatic carbocycles. The molecule has 1 saturated heterocycles. The lowest BCUT2D eigenvalue weighted by molar-refractivity contribution is -0.151. The van der Waals surface area contributed by atoms with Crippen LogP contribution in [0.4, 0.5) is 0 Å². The number of nitrogens with one attached hydrogen (secondary N) is 1. The normalized spacial score (nSPS) is 22.8. The van der Waals surface area contributed by atoms with Crippen LogP contribution in [0.25, 0.3) is 0 Å². The first-order valence-corrected chi connectivity index (χ1v) is 7.05. The maximum absolute atomic E-state index is 11.9. The summed E-state index contributed by atoms with van der Waals surface area (Å²) in [6, 6.07) is -0.188. The van der Waals surface area contributed by atoms with Crippen LogP contribution in [0.2, 0.25) is 0 Å². The average Bonchev–Trinajstić information content (AvgIpc) is 2.38. The van der Waals surface area contributed by atoms with Crippen molar-refractivity contribution in [1.82, 2.24) is 10.2 Å². The number of likely N-dealkylation sites (N-methyl/N-ethyl adjacent to an activating group) is 1. The molecular formula is C14H26N2O3. The molecule has 2 unspecified atom stereocenters. The fourth-order valence-corrected chi connectivity index (χ4v) is 2.61. The van der Waals surface area contributed by atoms with Crippen LogP contribution in [0.1, 0.15) is 40.5 Å². The smallest absolute Gasteiger partial charge is 0.309 e. The van der Waals surface area contributed by atoms with Crippen molar-refractivity contribution in [3.8, 4) is 0 Å². The van der Waals surface area contributed by atoms with Gasteiger partial charge in [-0.15, -0.1) is 0 Å². The highest BCUT2D eigenvalue weighted by molar-refractivity contribution is 5.81. The molecule has 19 heavy (non-hydrogen) atoms. The minimum atomic E-state index is -0.759. The number of hydrogen-bond acceptors (Lipinski definition) is 3. The lowest BCUT2D eigenvalue weighted by Crippen LogP contribution is -2.52.